The van der Waals surface area contributed by atoms with E-state index < -0.39 is 24.2 Å². The molecule has 0 unspecified atom stereocenters. The number of nitrogens with one attached hydrogen (secondary N) is 1. The maximum atomic E-state index is 11.4. The van der Waals surface area contributed by atoms with Gasteiger partial charge in [-0.2, -0.15) is 0 Å². The third kappa shape index (κ3) is 3.87. The van der Waals surface area contributed by atoms with E-state index in [4.69, 9.17) is 4.42 Å². The van der Waals surface area contributed by atoms with E-state index in [1.165, 1.54) is 10.9 Å². The smallest absolute Gasteiger partial charge is 0.309 e. The summed E-state index contributed by atoms with van der Waals surface area (Å²) in [6.07, 6.45) is -1.71. The zero-order chi connectivity index (χ0) is 22.8. The van der Waals surface area contributed by atoms with Crippen molar-refractivity contribution in [2.24, 2.45) is 5.92 Å². The molecule has 0 spiro atoms. The van der Waals surface area contributed by atoms with Crippen LogP contribution in [-0.2, 0) is 4.79 Å². The first-order valence-corrected chi connectivity index (χ1v) is 9.94. The maximum absolute atomic E-state index is 11.4. The Balaban J connectivity index is 1.74. The van der Waals surface area contributed by atoms with Crippen molar-refractivity contribution in [3.63, 3.8) is 0 Å². The van der Waals surface area contributed by atoms with Crippen molar-refractivity contribution in [2.45, 2.75) is 25.7 Å². The molecule has 0 radical (unpaired) electrons. The summed E-state index contributed by atoms with van der Waals surface area (Å²) < 4.78 is 6.89. The SMILES string of the molecule is CC[C@H](C(=O)O)[C@@H](O)[C@@H](O)n1cnc2c(NC)nc(C#Cc3cc4ccccc4o3)nc21. The van der Waals surface area contributed by atoms with Crippen molar-refractivity contribution in [1.82, 2.24) is 19.5 Å². The van der Waals surface area contributed by atoms with E-state index in [9.17, 15) is 20.1 Å². The lowest BCUT2D eigenvalue weighted by molar-refractivity contribution is -0.152. The number of carbonyl (C=O) groups is 1. The number of fused-ring (bicyclic) bond motifs is 2. The maximum Gasteiger partial charge on any atom is 0.309 e. The number of nitrogens with zero attached hydrogens (tertiary/aromatic N) is 4. The molecule has 32 heavy (non-hydrogen) atoms. The fraction of sp³-hybridized carbons (Fsp3) is 0.273. The summed E-state index contributed by atoms with van der Waals surface area (Å²) in [6, 6.07) is 9.33. The number of imidazole rings is 1. The first-order chi connectivity index (χ1) is 15.4. The van der Waals surface area contributed by atoms with Crippen molar-refractivity contribution in [2.75, 3.05) is 12.4 Å². The number of aliphatic hydroxyl groups is 2. The predicted octanol–water partition coefficient (Wildman–Crippen LogP) is 1.98. The highest BCUT2D eigenvalue weighted by molar-refractivity contribution is 5.83. The molecule has 1 aromatic carbocycles. The highest BCUT2D eigenvalue weighted by Gasteiger charge is 2.32. The Morgan fingerprint density at radius 3 is 2.72 bits per heavy atom. The van der Waals surface area contributed by atoms with E-state index in [1.807, 2.05) is 24.3 Å². The van der Waals surface area contributed by atoms with E-state index in [0.717, 1.165) is 5.39 Å². The van der Waals surface area contributed by atoms with Gasteiger partial charge in [0, 0.05) is 18.5 Å². The van der Waals surface area contributed by atoms with Crippen LogP contribution in [0.5, 0.6) is 0 Å². The number of anilines is 1. The molecule has 10 nitrogen and oxygen atoms in total. The lowest BCUT2D eigenvalue weighted by Crippen LogP contribution is -2.35. The van der Waals surface area contributed by atoms with Gasteiger partial charge in [-0.1, -0.05) is 25.1 Å². The number of furan rings is 1. The second kappa shape index (κ2) is 8.66. The summed E-state index contributed by atoms with van der Waals surface area (Å²) in [5.74, 6) is 4.32. The van der Waals surface area contributed by atoms with Crippen LogP contribution < -0.4 is 5.32 Å². The number of carboxylic acid groups (broad SMARTS) is 1. The highest BCUT2D eigenvalue weighted by Crippen LogP contribution is 2.25. The molecule has 0 saturated heterocycles. The van der Waals surface area contributed by atoms with Gasteiger partial charge in [-0.05, 0) is 24.3 Å². The monoisotopic (exact) mass is 435 g/mol. The van der Waals surface area contributed by atoms with E-state index in [2.05, 4.69) is 32.1 Å². The molecule has 0 aliphatic rings. The first-order valence-electron chi connectivity index (χ1n) is 9.94. The minimum atomic E-state index is -1.57. The van der Waals surface area contributed by atoms with Gasteiger partial charge < -0.3 is 25.1 Å². The van der Waals surface area contributed by atoms with Gasteiger partial charge in [-0.25, -0.2) is 15.0 Å². The molecule has 4 rings (SSSR count). The number of hydrogen-bond acceptors (Lipinski definition) is 8. The molecule has 3 atom stereocenters. The largest absolute Gasteiger partial charge is 0.481 e. The Bertz CT molecular complexity index is 1320. The van der Waals surface area contributed by atoms with Gasteiger partial charge in [0.1, 0.15) is 11.7 Å². The molecule has 4 N–H and O–H groups in total. The predicted molar refractivity (Wildman–Crippen MR) is 116 cm³/mol. The van der Waals surface area contributed by atoms with Crippen LogP contribution in [0.2, 0.25) is 0 Å². The van der Waals surface area contributed by atoms with Crippen molar-refractivity contribution in [3.8, 4) is 11.8 Å². The Labute approximate surface area is 182 Å². The second-order valence-electron chi connectivity index (χ2n) is 7.13. The summed E-state index contributed by atoms with van der Waals surface area (Å²) in [5.41, 5.74) is 1.25. The molecule has 10 heteroatoms. The molecule has 0 fully saturated rings. The highest BCUT2D eigenvalue weighted by atomic mass is 16.4. The van der Waals surface area contributed by atoms with Crippen molar-refractivity contribution >= 4 is 33.9 Å². The van der Waals surface area contributed by atoms with E-state index in [1.54, 1.807) is 20.0 Å². The third-order valence-corrected chi connectivity index (χ3v) is 5.14. The molecule has 0 aliphatic carbocycles. The molecular weight excluding hydrogens is 414 g/mol. The molecular formula is C22H21N5O5. The Kier molecular flexibility index (Phi) is 5.77. The average Bonchev–Trinajstić information content (AvgIpc) is 3.40. The van der Waals surface area contributed by atoms with E-state index >= 15 is 0 Å². The van der Waals surface area contributed by atoms with Crippen LogP contribution in [0.15, 0.2) is 41.1 Å². The quantitative estimate of drug-likeness (QED) is 0.334. The third-order valence-electron chi connectivity index (χ3n) is 5.14. The fourth-order valence-corrected chi connectivity index (χ4v) is 3.44. The standard InChI is InChI=1S/C22H21N5O5/c1-3-14(22(30)31)18(28)21(29)27-11-24-17-19(23-2)25-16(26-20(17)27)9-8-13-10-12-6-4-5-7-15(12)32-13/h4-7,10-11,14,18,21,28-29H,3H2,1-2H3,(H,30,31)(H,23,25,26)/t14-,18+,21+/m0/s1. The summed E-state index contributed by atoms with van der Waals surface area (Å²) >= 11 is 0. The summed E-state index contributed by atoms with van der Waals surface area (Å²) in [4.78, 5) is 24.3. The zero-order valence-electron chi connectivity index (χ0n) is 17.4. The van der Waals surface area contributed by atoms with E-state index in [0.29, 0.717) is 22.7 Å². The molecule has 0 bridgehead atoms. The topological polar surface area (TPSA) is 147 Å². The summed E-state index contributed by atoms with van der Waals surface area (Å²) in [6.45, 7) is 1.62. The number of aliphatic carboxylic acids is 1. The van der Waals surface area contributed by atoms with Crippen LogP contribution in [0, 0.1) is 17.8 Å². The normalized spacial score (nSPS) is 14.0. The lowest BCUT2D eigenvalue weighted by Gasteiger charge is -2.23. The second-order valence-corrected chi connectivity index (χ2v) is 7.13. The van der Waals surface area contributed by atoms with Crippen LogP contribution in [0.1, 0.15) is 31.2 Å². The minimum absolute atomic E-state index is 0.135. The van der Waals surface area contributed by atoms with Gasteiger partial charge in [-0.15, -0.1) is 0 Å². The van der Waals surface area contributed by atoms with Crippen LogP contribution in [0.4, 0.5) is 5.82 Å². The molecule has 164 valence electrons. The zero-order valence-corrected chi connectivity index (χ0v) is 17.4. The Morgan fingerprint density at radius 2 is 2.03 bits per heavy atom. The number of rotatable bonds is 6. The number of aliphatic hydroxyl groups excluding tert-OH is 2. The number of carboxylic acids is 1. The summed E-state index contributed by atoms with van der Waals surface area (Å²) in [5, 5.41) is 34.2. The van der Waals surface area contributed by atoms with Crippen LogP contribution in [-0.4, -0.2) is 54.0 Å². The van der Waals surface area contributed by atoms with Crippen LogP contribution >= 0.6 is 0 Å². The van der Waals surface area contributed by atoms with Gasteiger partial charge >= 0.3 is 5.97 Å². The average molecular weight is 435 g/mol. The molecule has 4 aromatic rings. The minimum Gasteiger partial charge on any atom is -0.481 e. The number of benzene rings is 1. The summed E-state index contributed by atoms with van der Waals surface area (Å²) in [7, 11) is 1.65. The Hall–Kier alpha value is -3.94. The van der Waals surface area contributed by atoms with Crippen LogP contribution in [0.25, 0.3) is 22.1 Å². The number of aromatic nitrogens is 4. The first kappa shape index (κ1) is 21.3. The van der Waals surface area contributed by atoms with Crippen LogP contribution in [0.3, 0.4) is 0 Å². The van der Waals surface area contributed by atoms with Gasteiger partial charge in [0.2, 0.25) is 5.82 Å². The van der Waals surface area contributed by atoms with Gasteiger partial charge in [-0.3, -0.25) is 9.36 Å². The molecule has 0 aliphatic heterocycles. The lowest BCUT2D eigenvalue weighted by atomic mass is 9.98. The van der Waals surface area contributed by atoms with Crippen molar-refractivity contribution in [3.05, 3.63) is 48.2 Å². The number of hydrogen-bond donors (Lipinski definition) is 4. The van der Waals surface area contributed by atoms with E-state index in [-0.39, 0.29) is 17.9 Å². The molecule has 3 heterocycles. The fourth-order valence-electron chi connectivity index (χ4n) is 3.44. The molecule has 0 saturated carbocycles. The molecule has 0 amide bonds. The van der Waals surface area contributed by atoms with Gasteiger partial charge in [0.05, 0.1) is 12.2 Å². The molecule has 3 aromatic heterocycles. The number of para-hydroxylation sites is 1. The van der Waals surface area contributed by atoms with Crippen molar-refractivity contribution < 1.29 is 24.5 Å². The Morgan fingerprint density at radius 1 is 1.25 bits per heavy atom. The van der Waals surface area contributed by atoms with Gasteiger partial charge in [0.15, 0.2) is 29.0 Å². The van der Waals surface area contributed by atoms with Crippen molar-refractivity contribution in [1.29, 1.82) is 0 Å². The van der Waals surface area contributed by atoms with Gasteiger partial charge in [0.25, 0.3) is 0 Å².